The average Bonchev–Trinajstić information content (AvgIpc) is 2.89. The zero-order valence-corrected chi connectivity index (χ0v) is 12.0. The van der Waals surface area contributed by atoms with E-state index in [0.717, 1.165) is 6.42 Å². The zero-order chi connectivity index (χ0) is 15.4. The lowest BCUT2D eigenvalue weighted by molar-refractivity contribution is 0.468. The van der Waals surface area contributed by atoms with Gasteiger partial charge < -0.3 is 9.88 Å². The van der Waals surface area contributed by atoms with E-state index in [-0.39, 0.29) is 5.56 Å². The van der Waals surface area contributed by atoms with Crippen molar-refractivity contribution in [3.8, 4) is 0 Å². The first-order chi connectivity index (χ1) is 10.1. The van der Waals surface area contributed by atoms with Gasteiger partial charge in [-0.25, -0.2) is 18.2 Å². The molecule has 2 aromatic rings. The summed E-state index contributed by atoms with van der Waals surface area (Å²) in [6.45, 7) is 5.06. The van der Waals surface area contributed by atoms with Gasteiger partial charge in [0.15, 0.2) is 0 Å². The van der Waals surface area contributed by atoms with E-state index in [4.69, 9.17) is 0 Å². The van der Waals surface area contributed by atoms with Gasteiger partial charge in [-0.15, -0.1) is 0 Å². The molecular weight excluding hydrogens is 279 g/mol. The molecule has 1 N–H and O–H groups in total. The Morgan fingerprint density at radius 3 is 2.43 bits per heavy atom. The minimum absolute atomic E-state index is 0.203. The van der Waals surface area contributed by atoms with Crippen LogP contribution in [0.4, 0.5) is 13.2 Å². The Morgan fingerprint density at radius 1 is 1.19 bits per heavy atom. The molecule has 1 atom stereocenters. The van der Waals surface area contributed by atoms with Crippen molar-refractivity contribution < 1.29 is 13.2 Å². The maximum absolute atomic E-state index is 14.1. The van der Waals surface area contributed by atoms with Gasteiger partial charge in [0, 0.05) is 36.6 Å². The van der Waals surface area contributed by atoms with E-state index in [1.54, 1.807) is 17.0 Å². The number of aryl methyl sites for hydroxylation is 1. The van der Waals surface area contributed by atoms with Gasteiger partial charge >= 0.3 is 0 Å². The van der Waals surface area contributed by atoms with Gasteiger partial charge in [-0.2, -0.15) is 0 Å². The van der Waals surface area contributed by atoms with E-state index < -0.39 is 23.5 Å². The Bertz CT molecular complexity index is 587. The monoisotopic (exact) mass is 297 g/mol. The van der Waals surface area contributed by atoms with Crippen molar-refractivity contribution in [1.82, 2.24) is 14.9 Å². The predicted octanol–water partition coefficient (Wildman–Crippen LogP) is 3.41. The number of halogens is 3. The fourth-order valence-electron chi connectivity index (χ4n) is 2.29. The second-order valence-electron chi connectivity index (χ2n) is 4.74. The largest absolute Gasteiger partial charge is 0.334 e. The van der Waals surface area contributed by atoms with Crippen LogP contribution in [0.15, 0.2) is 24.5 Å². The Morgan fingerprint density at radius 2 is 1.86 bits per heavy atom. The molecular formula is C15H18F3N3. The van der Waals surface area contributed by atoms with Crippen molar-refractivity contribution in [3.63, 3.8) is 0 Å². The molecule has 0 saturated carbocycles. The third-order valence-corrected chi connectivity index (χ3v) is 3.28. The van der Waals surface area contributed by atoms with Crippen molar-refractivity contribution in [2.75, 3.05) is 6.54 Å². The van der Waals surface area contributed by atoms with E-state index in [2.05, 4.69) is 10.3 Å². The summed E-state index contributed by atoms with van der Waals surface area (Å²) in [5.41, 5.74) is -0.203. The standard InChI is InChI=1S/C15H18F3N3/c1-3-5-19-14(15-20-6-7-21(15)4-2)13-11(17)8-10(16)9-12(13)18/h6-9,14,19H,3-5H2,1-2H3. The van der Waals surface area contributed by atoms with Crippen LogP contribution in [0.3, 0.4) is 0 Å². The maximum Gasteiger partial charge on any atom is 0.134 e. The highest BCUT2D eigenvalue weighted by Gasteiger charge is 2.25. The van der Waals surface area contributed by atoms with Crippen molar-refractivity contribution in [2.45, 2.75) is 32.9 Å². The number of nitrogens with zero attached hydrogens (tertiary/aromatic N) is 2. The molecule has 1 aromatic carbocycles. The van der Waals surface area contributed by atoms with E-state index >= 15 is 0 Å². The van der Waals surface area contributed by atoms with Gasteiger partial charge in [0.2, 0.25) is 0 Å². The number of aromatic nitrogens is 2. The van der Waals surface area contributed by atoms with Gasteiger partial charge in [0.1, 0.15) is 23.3 Å². The van der Waals surface area contributed by atoms with Crippen molar-refractivity contribution in [1.29, 1.82) is 0 Å². The number of nitrogens with one attached hydrogen (secondary N) is 1. The molecule has 6 heteroatoms. The van der Waals surface area contributed by atoms with E-state index in [9.17, 15) is 13.2 Å². The molecule has 0 aliphatic rings. The Labute approximate surface area is 121 Å². The summed E-state index contributed by atoms with van der Waals surface area (Å²) in [6, 6.07) is 0.636. The molecule has 0 saturated heterocycles. The first kappa shape index (κ1) is 15.6. The van der Waals surface area contributed by atoms with Gasteiger partial charge in [0.05, 0.1) is 6.04 Å². The van der Waals surface area contributed by atoms with Crippen LogP contribution in [0.5, 0.6) is 0 Å². The molecule has 3 nitrogen and oxygen atoms in total. The van der Waals surface area contributed by atoms with Crippen molar-refractivity contribution in [3.05, 3.63) is 53.4 Å². The molecule has 2 rings (SSSR count). The molecule has 0 amide bonds. The van der Waals surface area contributed by atoms with Crippen LogP contribution in [0, 0.1) is 17.5 Å². The quantitative estimate of drug-likeness (QED) is 0.885. The minimum Gasteiger partial charge on any atom is -0.334 e. The molecule has 0 radical (unpaired) electrons. The SMILES string of the molecule is CCCNC(c1c(F)cc(F)cc1F)c1nccn1CC. The Kier molecular flexibility index (Phi) is 5.01. The van der Waals surface area contributed by atoms with Crippen LogP contribution in [-0.4, -0.2) is 16.1 Å². The summed E-state index contributed by atoms with van der Waals surface area (Å²) in [5, 5.41) is 3.08. The van der Waals surface area contributed by atoms with Gasteiger partial charge in [-0.1, -0.05) is 6.92 Å². The van der Waals surface area contributed by atoms with Gasteiger partial charge in [0.25, 0.3) is 0 Å². The van der Waals surface area contributed by atoms with E-state index in [1.165, 1.54) is 0 Å². The van der Waals surface area contributed by atoms with Crippen LogP contribution < -0.4 is 5.32 Å². The molecule has 0 aliphatic carbocycles. The van der Waals surface area contributed by atoms with Crippen LogP contribution >= 0.6 is 0 Å². The molecule has 0 aliphatic heterocycles. The summed E-state index contributed by atoms with van der Waals surface area (Å²) in [4.78, 5) is 4.19. The van der Waals surface area contributed by atoms with Crippen LogP contribution in [0.2, 0.25) is 0 Å². The zero-order valence-electron chi connectivity index (χ0n) is 12.0. The third-order valence-electron chi connectivity index (χ3n) is 3.28. The molecule has 1 heterocycles. The molecule has 0 bridgehead atoms. The van der Waals surface area contributed by atoms with Crippen molar-refractivity contribution >= 4 is 0 Å². The summed E-state index contributed by atoms with van der Waals surface area (Å²) in [6.07, 6.45) is 4.13. The van der Waals surface area contributed by atoms with Gasteiger partial charge in [-0.05, 0) is 19.9 Å². The maximum atomic E-state index is 14.1. The summed E-state index contributed by atoms with van der Waals surface area (Å²) < 4.78 is 43.0. The van der Waals surface area contributed by atoms with Crippen LogP contribution in [0.25, 0.3) is 0 Å². The second-order valence-corrected chi connectivity index (χ2v) is 4.74. The molecule has 1 unspecified atom stereocenters. The molecule has 114 valence electrons. The number of benzene rings is 1. The molecule has 21 heavy (non-hydrogen) atoms. The smallest absolute Gasteiger partial charge is 0.134 e. The lowest BCUT2D eigenvalue weighted by Gasteiger charge is -2.20. The summed E-state index contributed by atoms with van der Waals surface area (Å²) in [7, 11) is 0. The third kappa shape index (κ3) is 3.26. The normalized spacial score (nSPS) is 12.6. The lowest BCUT2D eigenvalue weighted by Crippen LogP contribution is -2.28. The highest BCUT2D eigenvalue weighted by molar-refractivity contribution is 5.29. The Balaban J connectivity index is 2.51. The molecule has 0 spiro atoms. The number of hydrogen-bond donors (Lipinski definition) is 1. The highest BCUT2D eigenvalue weighted by atomic mass is 19.1. The minimum atomic E-state index is -0.929. The van der Waals surface area contributed by atoms with Crippen LogP contribution in [-0.2, 0) is 6.54 Å². The first-order valence-corrected chi connectivity index (χ1v) is 6.97. The topological polar surface area (TPSA) is 29.9 Å². The van der Waals surface area contributed by atoms with E-state index in [0.29, 0.717) is 31.0 Å². The summed E-state index contributed by atoms with van der Waals surface area (Å²) in [5.74, 6) is -2.24. The fraction of sp³-hybridized carbons (Fsp3) is 0.400. The van der Waals surface area contributed by atoms with Gasteiger partial charge in [-0.3, -0.25) is 0 Å². The predicted molar refractivity (Wildman–Crippen MR) is 74.4 cm³/mol. The lowest BCUT2D eigenvalue weighted by atomic mass is 10.0. The molecule has 1 aromatic heterocycles. The summed E-state index contributed by atoms with van der Waals surface area (Å²) >= 11 is 0. The average molecular weight is 297 g/mol. The Hall–Kier alpha value is -1.82. The fourth-order valence-corrected chi connectivity index (χ4v) is 2.29. The second kappa shape index (κ2) is 6.76. The number of hydrogen-bond acceptors (Lipinski definition) is 2. The molecule has 0 fully saturated rings. The number of rotatable bonds is 6. The van der Waals surface area contributed by atoms with E-state index in [1.807, 2.05) is 13.8 Å². The number of imidazole rings is 1. The van der Waals surface area contributed by atoms with Crippen LogP contribution in [0.1, 0.15) is 37.7 Å². The van der Waals surface area contributed by atoms with Crippen molar-refractivity contribution in [2.24, 2.45) is 0 Å². The first-order valence-electron chi connectivity index (χ1n) is 6.97. The highest BCUT2D eigenvalue weighted by Crippen LogP contribution is 2.27.